The summed E-state index contributed by atoms with van der Waals surface area (Å²) in [6.45, 7) is 5.66. The highest BCUT2D eigenvalue weighted by molar-refractivity contribution is 5.99. The molecule has 0 bridgehead atoms. The zero-order valence-electron chi connectivity index (χ0n) is 14.2. The number of carbonyl (C=O) groups is 2. The fraction of sp³-hybridized carbons (Fsp3) is 0.238. The van der Waals surface area contributed by atoms with Crippen molar-refractivity contribution in [1.29, 1.82) is 0 Å². The van der Waals surface area contributed by atoms with Gasteiger partial charge in [-0.25, -0.2) is 4.79 Å². The van der Waals surface area contributed by atoms with Crippen LogP contribution in [0.3, 0.4) is 0 Å². The van der Waals surface area contributed by atoms with Crippen LogP contribution in [0.25, 0.3) is 0 Å². The molecule has 0 amide bonds. The lowest BCUT2D eigenvalue weighted by Gasteiger charge is -2.23. The van der Waals surface area contributed by atoms with Crippen LogP contribution in [-0.2, 0) is 9.53 Å². The SMILES string of the molecule is C=C(C[C@H](C(=O)c1ccccc1)[C@H](O)c1ccccc1)C(=O)OCC. The van der Waals surface area contributed by atoms with Crippen LogP contribution >= 0.6 is 0 Å². The van der Waals surface area contributed by atoms with E-state index in [2.05, 4.69) is 6.58 Å². The van der Waals surface area contributed by atoms with E-state index in [1.807, 2.05) is 12.1 Å². The van der Waals surface area contributed by atoms with Gasteiger partial charge < -0.3 is 9.84 Å². The number of hydrogen-bond donors (Lipinski definition) is 1. The molecule has 0 saturated carbocycles. The smallest absolute Gasteiger partial charge is 0.333 e. The van der Waals surface area contributed by atoms with E-state index in [1.165, 1.54) is 0 Å². The second-order valence-corrected chi connectivity index (χ2v) is 5.72. The minimum Gasteiger partial charge on any atom is -0.463 e. The quantitative estimate of drug-likeness (QED) is 0.452. The minimum absolute atomic E-state index is 0.0304. The van der Waals surface area contributed by atoms with Crippen molar-refractivity contribution in [2.75, 3.05) is 6.61 Å². The molecule has 0 aliphatic heterocycles. The molecule has 1 N–H and O–H groups in total. The number of Topliss-reactive ketones (excluding diaryl/α,β-unsaturated/α-hetero) is 1. The van der Waals surface area contributed by atoms with Gasteiger partial charge >= 0.3 is 5.97 Å². The van der Waals surface area contributed by atoms with Crippen LogP contribution in [0.15, 0.2) is 72.8 Å². The molecule has 130 valence electrons. The van der Waals surface area contributed by atoms with Gasteiger partial charge in [0.25, 0.3) is 0 Å². The van der Waals surface area contributed by atoms with Crippen molar-refractivity contribution < 1.29 is 19.4 Å². The van der Waals surface area contributed by atoms with E-state index in [9.17, 15) is 14.7 Å². The van der Waals surface area contributed by atoms with Crippen LogP contribution in [0, 0.1) is 5.92 Å². The molecule has 4 nitrogen and oxygen atoms in total. The zero-order chi connectivity index (χ0) is 18.2. The lowest BCUT2D eigenvalue weighted by Crippen LogP contribution is -2.25. The molecule has 0 fully saturated rings. The van der Waals surface area contributed by atoms with Gasteiger partial charge in [0.2, 0.25) is 0 Å². The maximum Gasteiger partial charge on any atom is 0.333 e. The summed E-state index contributed by atoms with van der Waals surface area (Å²) >= 11 is 0. The highest BCUT2D eigenvalue weighted by Gasteiger charge is 2.31. The molecule has 0 spiro atoms. The average Bonchev–Trinajstić information content (AvgIpc) is 2.66. The van der Waals surface area contributed by atoms with E-state index in [0.717, 1.165) is 0 Å². The average molecular weight is 338 g/mol. The van der Waals surface area contributed by atoms with Crippen molar-refractivity contribution >= 4 is 11.8 Å². The van der Waals surface area contributed by atoms with Gasteiger partial charge in [-0.15, -0.1) is 0 Å². The number of aliphatic hydroxyl groups excluding tert-OH is 1. The Hall–Kier alpha value is -2.72. The minimum atomic E-state index is -1.04. The standard InChI is InChI=1S/C21H22O4/c1-3-25-21(24)15(2)14-18(19(22)16-10-6-4-7-11-16)20(23)17-12-8-5-9-13-17/h4-13,18-19,22H,2-3,14H2,1H3/t18-,19+/m0/s1. The van der Waals surface area contributed by atoms with Crippen molar-refractivity contribution in [2.45, 2.75) is 19.4 Å². The van der Waals surface area contributed by atoms with Crippen LogP contribution in [0.4, 0.5) is 0 Å². The first-order valence-corrected chi connectivity index (χ1v) is 8.21. The maximum atomic E-state index is 12.9. The number of rotatable bonds is 8. The van der Waals surface area contributed by atoms with Gasteiger partial charge in [-0.05, 0) is 18.9 Å². The molecule has 0 saturated heterocycles. The lowest BCUT2D eigenvalue weighted by atomic mass is 9.84. The molecule has 0 aliphatic carbocycles. The van der Waals surface area contributed by atoms with E-state index in [1.54, 1.807) is 55.5 Å². The fourth-order valence-corrected chi connectivity index (χ4v) is 2.63. The van der Waals surface area contributed by atoms with Gasteiger partial charge in [0.15, 0.2) is 5.78 Å². The number of aliphatic hydroxyl groups is 1. The Morgan fingerprint density at radius 2 is 1.60 bits per heavy atom. The number of esters is 1. The molecule has 0 unspecified atom stereocenters. The van der Waals surface area contributed by atoms with Gasteiger partial charge in [0.1, 0.15) is 0 Å². The molecule has 2 rings (SSSR count). The van der Waals surface area contributed by atoms with Crippen molar-refractivity contribution in [3.63, 3.8) is 0 Å². The third-order valence-electron chi connectivity index (χ3n) is 3.95. The molecule has 2 aromatic rings. The predicted molar refractivity (Wildman–Crippen MR) is 96.1 cm³/mol. The van der Waals surface area contributed by atoms with Gasteiger partial charge in [0.05, 0.1) is 18.6 Å². The van der Waals surface area contributed by atoms with Crippen LogP contribution in [0.1, 0.15) is 35.4 Å². The van der Waals surface area contributed by atoms with Crippen LogP contribution in [0.5, 0.6) is 0 Å². The van der Waals surface area contributed by atoms with E-state index >= 15 is 0 Å². The Labute approximate surface area is 147 Å². The molecular weight excluding hydrogens is 316 g/mol. The monoisotopic (exact) mass is 338 g/mol. The molecule has 0 heterocycles. The summed E-state index contributed by atoms with van der Waals surface area (Å²) in [5, 5.41) is 10.8. The van der Waals surface area contributed by atoms with Crippen molar-refractivity contribution in [2.24, 2.45) is 5.92 Å². The summed E-state index contributed by atoms with van der Waals surface area (Å²) in [7, 11) is 0. The number of ketones is 1. The molecule has 25 heavy (non-hydrogen) atoms. The first-order valence-electron chi connectivity index (χ1n) is 8.21. The second-order valence-electron chi connectivity index (χ2n) is 5.72. The van der Waals surface area contributed by atoms with E-state index < -0.39 is 18.0 Å². The number of benzene rings is 2. The Balaban J connectivity index is 2.29. The van der Waals surface area contributed by atoms with Gasteiger partial charge in [0, 0.05) is 11.1 Å². The largest absolute Gasteiger partial charge is 0.463 e. The number of hydrogen-bond acceptors (Lipinski definition) is 4. The third kappa shape index (κ3) is 4.88. The Morgan fingerprint density at radius 1 is 1.04 bits per heavy atom. The van der Waals surface area contributed by atoms with Crippen LogP contribution in [0.2, 0.25) is 0 Å². The van der Waals surface area contributed by atoms with E-state index in [0.29, 0.717) is 11.1 Å². The molecule has 2 aromatic carbocycles. The summed E-state index contributed by atoms with van der Waals surface area (Å²) in [6, 6.07) is 17.7. The summed E-state index contributed by atoms with van der Waals surface area (Å²) < 4.78 is 4.94. The van der Waals surface area contributed by atoms with Gasteiger partial charge in [-0.2, -0.15) is 0 Å². The third-order valence-corrected chi connectivity index (χ3v) is 3.95. The normalized spacial score (nSPS) is 12.9. The summed E-state index contributed by atoms with van der Waals surface area (Å²) in [5.74, 6) is -1.60. The molecule has 4 heteroatoms. The zero-order valence-corrected chi connectivity index (χ0v) is 14.2. The van der Waals surface area contributed by atoms with Crippen LogP contribution in [-0.4, -0.2) is 23.5 Å². The molecule has 0 aliphatic rings. The molecule has 0 aromatic heterocycles. The van der Waals surface area contributed by atoms with Gasteiger partial charge in [-0.1, -0.05) is 67.2 Å². The van der Waals surface area contributed by atoms with Crippen molar-refractivity contribution in [3.8, 4) is 0 Å². The Kier molecular flexibility index (Phi) is 6.66. The predicted octanol–water partition coefficient (Wildman–Crippen LogP) is 3.73. The number of carbonyl (C=O) groups excluding carboxylic acids is 2. The highest BCUT2D eigenvalue weighted by atomic mass is 16.5. The van der Waals surface area contributed by atoms with E-state index in [4.69, 9.17) is 4.74 Å². The van der Waals surface area contributed by atoms with E-state index in [-0.39, 0.29) is 24.4 Å². The molecule has 0 radical (unpaired) electrons. The molecular formula is C21H22O4. The Morgan fingerprint density at radius 3 is 2.16 bits per heavy atom. The topological polar surface area (TPSA) is 63.6 Å². The lowest BCUT2D eigenvalue weighted by molar-refractivity contribution is -0.138. The van der Waals surface area contributed by atoms with Crippen molar-refractivity contribution in [1.82, 2.24) is 0 Å². The first-order chi connectivity index (χ1) is 12.0. The van der Waals surface area contributed by atoms with Crippen molar-refractivity contribution in [3.05, 3.63) is 83.9 Å². The molecule has 2 atom stereocenters. The fourth-order valence-electron chi connectivity index (χ4n) is 2.63. The van der Waals surface area contributed by atoms with Crippen LogP contribution < -0.4 is 0 Å². The summed E-state index contributed by atoms with van der Waals surface area (Å²) in [4.78, 5) is 24.8. The maximum absolute atomic E-state index is 12.9. The highest BCUT2D eigenvalue weighted by Crippen LogP contribution is 2.30. The summed E-state index contributed by atoms with van der Waals surface area (Å²) in [5.41, 5.74) is 1.28. The number of ether oxygens (including phenoxy) is 1. The first kappa shape index (κ1) is 18.6. The van der Waals surface area contributed by atoms with Gasteiger partial charge in [-0.3, -0.25) is 4.79 Å². The second kappa shape index (κ2) is 8.94. The summed E-state index contributed by atoms with van der Waals surface area (Å²) in [6.07, 6.45) is -1.01. The Bertz CT molecular complexity index is 722.